The van der Waals surface area contributed by atoms with E-state index in [2.05, 4.69) is 30.2 Å². The van der Waals surface area contributed by atoms with Crippen LogP contribution < -0.4 is 14.8 Å². The molecule has 34 heavy (non-hydrogen) atoms. The summed E-state index contributed by atoms with van der Waals surface area (Å²) in [6, 6.07) is 7.51. The molecule has 1 fully saturated rings. The lowest BCUT2D eigenvalue weighted by atomic mass is 9.81. The number of methoxy groups -OCH3 is 2. The summed E-state index contributed by atoms with van der Waals surface area (Å²) in [7, 11) is 3.29. The van der Waals surface area contributed by atoms with E-state index in [0.29, 0.717) is 43.9 Å². The molecule has 2 amide bonds. The number of benzene rings is 1. The Balaban J connectivity index is 1.67. The number of hydrogen-bond donors (Lipinski definition) is 2. The van der Waals surface area contributed by atoms with Crippen LogP contribution in [0.1, 0.15) is 54.2 Å². The molecular formula is C26H34N4O4. The van der Waals surface area contributed by atoms with Gasteiger partial charge in [0.1, 0.15) is 17.2 Å². The summed E-state index contributed by atoms with van der Waals surface area (Å²) in [4.78, 5) is 32.0. The second-order valence-electron chi connectivity index (χ2n) is 8.96. The molecule has 1 atom stereocenters. The molecule has 0 bridgehead atoms. The van der Waals surface area contributed by atoms with Crippen molar-refractivity contribution in [3.8, 4) is 11.5 Å². The third kappa shape index (κ3) is 4.30. The Morgan fingerprint density at radius 1 is 1.26 bits per heavy atom. The molecule has 2 aliphatic rings. The number of nitrogens with one attached hydrogen (secondary N) is 2. The summed E-state index contributed by atoms with van der Waals surface area (Å²) in [6.07, 6.45) is 6.29. The highest BCUT2D eigenvalue weighted by Crippen LogP contribution is 2.42. The van der Waals surface area contributed by atoms with E-state index in [4.69, 9.17) is 9.47 Å². The highest BCUT2D eigenvalue weighted by molar-refractivity contribution is 5.92. The molecule has 8 heteroatoms. The van der Waals surface area contributed by atoms with Gasteiger partial charge in [-0.25, -0.2) is 0 Å². The number of rotatable bonds is 7. The Hall–Kier alpha value is -3.26. The molecule has 2 aromatic rings. The molecular weight excluding hydrogens is 432 g/mol. The molecule has 0 aliphatic carbocycles. The van der Waals surface area contributed by atoms with Crippen molar-refractivity contribution in [2.45, 2.75) is 44.7 Å². The van der Waals surface area contributed by atoms with Crippen molar-refractivity contribution in [2.75, 3.05) is 33.9 Å². The molecule has 1 saturated heterocycles. The Morgan fingerprint density at radius 3 is 2.62 bits per heavy atom. The lowest BCUT2D eigenvalue weighted by Gasteiger charge is -2.46. The van der Waals surface area contributed by atoms with E-state index in [-0.39, 0.29) is 11.8 Å². The lowest BCUT2D eigenvalue weighted by molar-refractivity contribution is -0.117. The zero-order chi connectivity index (χ0) is 24.3. The van der Waals surface area contributed by atoms with E-state index in [1.165, 1.54) is 0 Å². The number of piperidine rings is 1. The van der Waals surface area contributed by atoms with E-state index in [1.807, 2.05) is 23.1 Å². The summed E-state index contributed by atoms with van der Waals surface area (Å²) in [6.45, 7) is 6.60. The lowest BCUT2D eigenvalue weighted by Crippen LogP contribution is -2.58. The van der Waals surface area contributed by atoms with Gasteiger partial charge in [-0.2, -0.15) is 0 Å². The minimum atomic E-state index is -0.407. The minimum Gasteiger partial charge on any atom is -0.497 e. The Labute approximate surface area is 200 Å². The number of nitrogens with zero attached hydrogens (tertiary/aromatic N) is 2. The number of allylic oxidation sites excluding steroid dienone is 1. The minimum absolute atomic E-state index is 0.00907. The fourth-order valence-corrected chi connectivity index (χ4v) is 5.39. The third-order valence-electron chi connectivity index (χ3n) is 7.04. The summed E-state index contributed by atoms with van der Waals surface area (Å²) in [5.41, 5.74) is 3.23. The maximum Gasteiger partial charge on any atom is 0.270 e. The predicted molar refractivity (Wildman–Crippen MR) is 130 cm³/mol. The summed E-state index contributed by atoms with van der Waals surface area (Å²) in [5.74, 6) is 1.50. The summed E-state index contributed by atoms with van der Waals surface area (Å²) >= 11 is 0. The fraction of sp³-hybridized carbons (Fsp3) is 0.462. The Morgan fingerprint density at radius 2 is 2.03 bits per heavy atom. The third-order valence-corrected chi connectivity index (χ3v) is 7.04. The van der Waals surface area contributed by atoms with Crippen LogP contribution in [0.5, 0.6) is 11.5 Å². The number of likely N-dealkylation sites (N-methyl/N-ethyl adjacent to an activating group) is 1. The van der Waals surface area contributed by atoms with Crippen molar-refractivity contribution in [1.82, 2.24) is 20.1 Å². The van der Waals surface area contributed by atoms with E-state index < -0.39 is 5.54 Å². The highest BCUT2D eigenvalue weighted by atomic mass is 16.5. The maximum absolute atomic E-state index is 12.9. The number of ether oxygens (including phenoxy) is 2. The van der Waals surface area contributed by atoms with Crippen LogP contribution in [0.15, 0.2) is 42.2 Å². The second kappa shape index (κ2) is 9.93. The van der Waals surface area contributed by atoms with E-state index in [9.17, 15) is 9.59 Å². The van der Waals surface area contributed by atoms with Crippen molar-refractivity contribution in [1.29, 1.82) is 0 Å². The summed E-state index contributed by atoms with van der Waals surface area (Å²) in [5, 5.41) is 3.68. The van der Waals surface area contributed by atoms with Gasteiger partial charge in [-0.3, -0.25) is 9.59 Å². The van der Waals surface area contributed by atoms with Crippen molar-refractivity contribution >= 4 is 12.3 Å². The van der Waals surface area contributed by atoms with Gasteiger partial charge in [0, 0.05) is 42.5 Å². The molecule has 0 radical (unpaired) electrons. The van der Waals surface area contributed by atoms with Crippen molar-refractivity contribution in [3.63, 3.8) is 0 Å². The van der Waals surface area contributed by atoms with Crippen LogP contribution in [-0.4, -0.2) is 66.5 Å². The van der Waals surface area contributed by atoms with E-state index >= 15 is 0 Å². The zero-order valence-electron chi connectivity index (χ0n) is 20.4. The molecule has 1 aromatic heterocycles. The Bertz CT molecular complexity index is 1060. The number of likely N-dealkylation sites (tertiary alicyclic amines) is 1. The fourth-order valence-electron chi connectivity index (χ4n) is 5.39. The number of hydrogen-bond acceptors (Lipinski definition) is 5. The van der Waals surface area contributed by atoms with Crippen molar-refractivity contribution < 1.29 is 19.1 Å². The SMILES string of the molecule is CCNC1(C2=CC(C)c3c(cc(OC)cc3OC)CN2C=O)CCN(C(=O)c2ccc[nH]2)CC1. The van der Waals surface area contributed by atoms with Crippen molar-refractivity contribution in [2.24, 2.45) is 0 Å². The van der Waals surface area contributed by atoms with Gasteiger partial charge in [0.15, 0.2) is 0 Å². The predicted octanol–water partition coefficient (Wildman–Crippen LogP) is 3.28. The smallest absolute Gasteiger partial charge is 0.270 e. The first-order valence-corrected chi connectivity index (χ1v) is 11.8. The van der Waals surface area contributed by atoms with Crippen LogP contribution in [0, 0.1) is 0 Å². The highest BCUT2D eigenvalue weighted by Gasteiger charge is 2.42. The van der Waals surface area contributed by atoms with Crippen molar-refractivity contribution in [3.05, 3.63) is 59.1 Å². The number of carbonyl (C=O) groups is 2. The number of H-pyrrole nitrogens is 1. The zero-order valence-corrected chi connectivity index (χ0v) is 20.4. The summed E-state index contributed by atoms with van der Waals surface area (Å²) < 4.78 is 11.2. The molecule has 1 unspecified atom stereocenters. The topological polar surface area (TPSA) is 86.9 Å². The number of aromatic amines is 1. The number of fused-ring (bicyclic) bond motifs is 1. The van der Waals surface area contributed by atoms with E-state index in [1.54, 1.807) is 31.4 Å². The molecule has 2 aliphatic heterocycles. The first-order valence-electron chi connectivity index (χ1n) is 11.8. The van der Waals surface area contributed by atoms with Gasteiger partial charge in [0.2, 0.25) is 6.41 Å². The molecule has 3 heterocycles. The quantitative estimate of drug-likeness (QED) is 0.612. The van der Waals surface area contributed by atoms with Gasteiger partial charge in [0.05, 0.1) is 26.3 Å². The van der Waals surface area contributed by atoms with Gasteiger partial charge >= 0.3 is 0 Å². The van der Waals surface area contributed by atoms with Crippen LogP contribution in [0.3, 0.4) is 0 Å². The van der Waals surface area contributed by atoms with Crippen LogP contribution in [0.2, 0.25) is 0 Å². The number of carbonyl (C=O) groups excluding carboxylic acids is 2. The molecule has 4 rings (SSSR count). The second-order valence-corrected chi connectivity index (χ2v) is 8.96. The van der Waals surface area contributed by atoms with Crippen LogP contribution in [0.25, 0.3) is 0 Å². The average molecular weight is 467 g/mol. The van der Waals surface area contributed by atoms with Gasteiger partial charge < -0.3 is 29.6 Å². The average Bonchev–Trinajstić information content (AvgIpc) is 3.35. The molecule has 182 valence electrons. The van der Waals surface area contributed by atoms with Crippen LogP contribution in [-0.2, 0) is 11.3 Å². The first kappa shape index (κ1) is 23.9. The Kier molecular flexibility index (Phi) is 6.97. The molecule has 1 aromatic carbocycles. The van der Waals surface area contributed by atoms with E-state index in [0.717, 1.165) is 35.5 Å². The largest absolute Gasteiger partial charge is 0.497 e. The molecule has 2 N–H and O–H groups in total. The first-order chi connectivity index (χ1) is 16.5. The van der Waals surface area contributed by atoms with Gasteiger partial charge in [0.25, 0.3) is 5.91 Å². The standard InChI is InChI=1S/C26H34N4O4/c1-5-28-26(8-11-29(12-9-26)25(32)21-7-6-10-27-21)23-13-18(2)24-19(16-30(23)17-31)14-20(33-3)15-22(24)34-4/h6-7,10,13-15,17-18,27-28H,5,8-9,11-12,16H2,1-4H3. The number of amides is 2. The molecule has 0 spiro atoms. The van der Waals surface area contributed by atoms with Crippen LogP contribution in [0.4, 0.5) is 0 Å². The number of aromatic nitrogens is 1. The van der Waals surface area contributed by atoms with Gasteiger partial charge in [-0.05, 0) is 43.1 Å². The van der Waals surface area contributed by atoms with Gasteiger partial charge in [-0.1, -0.05) is 19.9 Å². The van der Waals surface area contributed by atoms with Crippen LogP contribution >= 0.6 is 0 Å². The monoisotopic (exact) mass is 466 g/mol. The van der Waals surface area contributed by atoms with Gasteiger partial charge in [-0.15, -0.1) is 0 Å². The molecule has 8 nitrogen and oxygen atoms in total. The normalized spacial score (nSPS) is 19.6. The molecule has 0 saturated carbocycles. The maximum atomic E-state index is 12.9.